The average molecular weight is 525 g/mol. The summed E-state index contributed by atoms with van der Waals surface area (Å²) in [6.45, 7) is 3.97. The normalized spacial score (nSPS) is 17.4. The molecule has 7 nitrogen and oxygen atoms in total. The van der Waals surface area contributed by atoms with Crippen LogP contribution in [-0.4, -0.2) is 65.9 Å². The lowest BCUT2D eigenvalue weighted by Gasteiger charge is -2.30. The molecular formula is C32H36N4O3. The number of aromatic nitrogens is 2. The van der Waals surface area contributed by atoms with Crippen molar-refractivity contribution < 1.29 is 14.3 Å². The number of benzene rings is 2. The molecule has 4 aromatic rings. The van der Waals surface area contributed by atoms with E-state index in [1.54, 1.807) is 7.11 Å². The highest BCUT2D eigenvalue weighted by atomic mass is 16.5. The van der Waals surface area contributed by atoms with Crippen LogP contribution in [0.2, 0.25) is 0 Å². The molecular weight excluding hydrogens is 488 g/mol. The van der Waals surface area contributed by atoms with Gasteiger partial charge in [0.2, 0.25) is 0 Å². The lowest BCUT2D eigenvalue weighted by Crippen LogP contribution is -2.49. The number of hydrogen-bond donors (Lipinski definition) is 1. The molecule has 2 fully saturated rings. The van der Waals surface area contributed by atoms with Gasteiger partial charge in [0.15, 0.2) is 0 Å². The fourth-order valence-corrected chi connectivity index (χ4v) is 5.57. The highest BCUT2D eigenvalue weighted by molar-refractivity contribution is 5.97. The second-order valence-electron chi connectivity index (χ2n) is 10.5. The monoisotopic (exact) mass is 524 g/mol. The van der Waals surface area contributed by atoms with Crippen LogP contribution in [0.25, 0.3) is 33.3 Å². The Bertz CT molecular complexity index is 1420. The summed E-state index contributed by atoms with van der Waals surface area (Å²) in [5, 5.41) is 4.42. The lowest BCUT2D eigenvalue weighted by molar-refractivity contribution is -0.146. The molecule has 0 radical (unpaired) electrons. The molecule has 1 saturated carbocycles. The summed E-state index contributed by atoms with van der Waals surface area (Å²) in [6, 6.07) is 21.5. The fraction of sp³-hybridized carbons (Fsp3) is 0.375. The van der Waals surface area contributed by atoms with Crippen molar-refractivity contribution in [1.29, 1.82) is 0 Å². The molecule has 7 heteroatoms. The molecule has 0 bridgehead atoms. The van der Waals surface area contributed by atoms with Crippen LogP contribution < -0.4 is 5.32 Å². The summed E-state index contributed by atoms with van der Waals surface area (Å²) < 4.78 is 13.4. The van der Waals surface area contributed by atoms with Gasteiger partial charge in [-0.3, -0.25) is 4.79 Å². The Hall–Kier alpha value is -3.52. The van der Waals surface area contributed by atoms with E-state index < -0.39 is 6.10 Å². The molecule has 0 unspecified atom stereocenters. The van der Waals surface area contributed by atoms with E-state index in [9.17, 15) is 4.79 Å². The first-order valence-corrected chi connectivity index (χ1v) is 14.0. The van der Waals surface area contributed by atoms with E-state index in [2.05, 4.69) is 70.7 Å². The van der Waals surface area contributed by atoms with E-state index >= 15 is 0 Å². The number of nitrogens with zero attached hydrogens (tertiary/aromatic N) is 3. The van der Waals surface area contributed by atoms with E-state index in [1.807, 2.05) is 17.2 Å². The van der Waals surface area contributed by atoms with Gasteiger partial charge in [-0.05, 0) is 59.2 Å². The number of methoxy groups -OCH3 is 1. The van der Waals surface area contributed by atoms with Gasteiger partial charge in [-0.25, -0.2) is 4.98 Å². The number of morpholine rings is 1. The molecule has 1 N–H and O–H groups in total. The zero-order valence-corrected chi connectivity index (χ0v) is 22.5. The minimum Gasteiger partial charge on any atom is -0.385 e. The molecule has 1 aliphatic heterocycles. The Labute approximate surface area is 229 Å². The smallest absolute Gasteiger partial charge is 0.253 e. The number of rotatable bonds is 10. The second-order valence-corrected chi connectivity index (χ2v) is 10.5. The molecule has 2 aromatic carbocycles. The Kier molecular flexibility index (Phi) is 7.72. The number of nitrogens with one attached hydrogen (secondary N) is 1. The predicted molar refractivity (Wildman–Crippen MR) is 153 cm³/mol. The highest BCUT2D eigenvalue weighted by Gasteiger charge is 2.37. The first-order valence-electron chi connectivity index (χ1n) is 14.0. The molecule has 1 amide bonds. The standard InChI is InChI=1S/C32H36N4O3/c1-38-17-6-16-35-21-26(22-36(27-11-12-27)32(37)29-20-33-15-18-39-29)30-28(13-14-34-31(30)35)25-10-5-9-24(19-25)23-7-3-2-4-8-23/h2-5,7-10,13-14,19,21,27,29,33H,6,11-12,15-18,20,22H2,1H3/t29-/m1/s1. The summed E-state index contributed by atoms with van der Waals surface area (Å²) in [4.78, 5) is 20.5. The van der Waals surface area contributed by atoms with Crippen LogP contribution in [0, 0.1) is 0 Å². The Balaban J connectivity index is 1.41. The first kappa shape index (κ1) is 25.7. The molecule has 1 atom stereocenters. The maximum absolute atomic E-state index is 13.6. The van der Waals surface area contributed by atoms with Crippen LogP contribution in [0.3, 0.4) is 0 Å². The van der Waals surface area contributed by atoms with Gasteiger partial charge in [0.05, 0.1) is 6.61 Å². The van der Waals surface area contributed by atoms with Crippen molar-refractivity contribution in [3.63, 3.8) is 0 Å². The average Bonchev–Trinajstić information content (AvgIpc) is 3.78. The van der Waals surface area contributed by atoms with Crippen LogP contribution in [0.4, 0.5) is 0 Å². The van der Waals surface area contributed by atoms with Crippen LogP contribution >= 0.6 is 0 Å². The lowest BCUT2D eigenvalue weighted by atomic mass is 9.97. The van der Waals surface area contributed by atoms with Gasteiger partial charge in [-0.1, -0.05) is 48.5 Å². The van der Waals surface area contributed by atoms with E-state index in [4.69, 9.17) is 14.5 Å². The summed E-state index contributed by atoms with van der Waals surface area (Å²) in [5.74, 6) is 0.0847. The zero-order chi connectivity index (χ0) is 26.6. The zero-order valence-electron chi connectivity index (χ0n) is 22.5. The number of pyridine rings is 1. The number of carbonyl (C=O) groups is 1. The van der Waals surface area contributed by atoms with Crippen molar-refractivity contribution >= 4 is 16.9 Å². The molecule has 2 aliphatic rings. The number of aryl methyl sites for hydroxylation is 1. The quantitative estimate of drug-likeness (QED) is 0.299. The number of carbonyl (C=O) groups excluding carboxylic acids is 1. The summed E-state index contributed by atoms with van der Waals surface area (Å²) in [7, 11) is 1.73. The van der Waals surface area contributed by atoms with E-state index in [0.29, 0.717) is 26.3 Å². The molecule has 202 valence electrons. The van der Waals surface area contributed by atoms with Gasteiger partial charge in [0.1, 0.15) is 11.8 Å². The molecule has 6 rings (SSSR count). The van der Waals surface area contributed by atoms with Gasteiger partial charge in [-0.15, -0.1) is 0 Å². The Morgan fingerprint density at radius 2 is 1.92 bits per heavy atom. The third kappa shape index (κ3) is 5.62. The minimum absolute atomic E-state index is 0.0847. The number of amides is 1. The molecule has 1 aliphatic carbocycles. The van der Waals surface area contributed by atoms with Crippen molar-refractivity contribution in [2.45, 2.75) is 44.5 Å². The van der Waals surface area contributed by atoms with Crippen LogP contribution in [0.5, 0.6) is 0 Å². The number of hydrogen-bond acceptors (Lipinski definition) is 5. The highest BCUT2D eigenvalue weighted by Crippen LogP contribution is 2.36. The summed E-state index contributed by atoms with van der Waals surface area (Å²) in [6.07, 6.45) is 6.65. The van der Waals surface area contributed by atoms with Gasteiger partial charge < -0.3 is 24.3 Å². The summed E-state index contributed by atoms with van der Waals surface area (Å²) in [5.41, 5.74) is 6.72. The second kappa shape index (κ2) is 11.7. The van der Waals surface area contributed by atoms with E-state index in [-0.39, 0.29) is 11.9 Å². The minimum atomic E-state index is -0.422. The first-order chi connectivity index (χ1) is 19.2. The van der Waals surface area contributed by atoms with Crippen LogP contribution in [-0.2, 0) is 27.4 Å². The molecule has 1 saturated heterocycles. The van der Waals surface area contributed by atoms with Gasteiger partial charge >= 0.3 is 0 Å². The van der Waals surface area contributed by atoms with Gasteiger partial charge in [0, 0.05) is 63.7 Å². The van der Waals surface area contributed by atoms with E-state index in [0.717, 1.165) is 60.1 Å². The third-order valence-electron chi connectivity index (χ3n) is 7.68. The molecule has 2 aromatic heterocycles. The third-order valence-corrected chi connectivity index (χ3v) is 7.68. The summed E-state index contributed by atoms with van der Waals surface area (Å²) >= 11 is 0. The topological polar surface area (TPSA) is 68.6 Å². The molecule has 39 heavy (non-hydrogen) atoms. The molecule has 3 heterocycles. The Morgan fingerprint density at radius 1 is 1.10 bits per heavy atom. The maximum atomic E-state index is 13.6. The van der Waals surface area contributed by atoms with Crippen molar-refractivity contribution in [2.75, 3.05) is 33.4 Å². The fourth-order valence-electron chi connectivity index (χ4n) is 5.57. The predicted octanol–water partition coefficient (Wildman–Crippen LogP) is 4.89. The SMILES string of the molecule is COCCCn1cc(CN(C(=O)[C@H]2CNCCO2)C2CC2)c2c(-c3cccc(-c4ccccc4)c3)ccnc21. The largest absolute Gasteiger partial charge is 0.385 e. The Morgan fingerprint density at radius 3 is 2.69 bits per heavy atom. The van der Waals surface area contributed by atoms with Gasteiger partial charge in [-0.2, -0.15) is 0 Å². The van der Waals surface area contributed by atoms with Crippen molar-refractivity contribution in [3.05, 3.63) is 78.6 Å². The van der Waals surface area contributed by atoms with Crippen molar-refractivity contribution in [1.82, 2.24) is 19.8 Å². The van der Waals surface area contributed by atoms with Crippen molar-refractivity contribution in [2.24, 2.45) is 0 Å². The van der Waals surface area contributed by atoms with Crippen molar-refractivity contribution in [3.8, 4) is 22.3 Å². The van der Waals surface area contributed by atoms with Gasteiger partial charge in [0.25, 0.3) is 5.91 Å². The van der Waals surface area contributed by atoms with Crippen LogP contribution in [0.15, 0.2) is 73.1 Å². The molecule has 0 spiro atoms. The van der Waals surface area contributed by atoms with Crippen LogP contribution in [0.1, 0.15) is 24.8 Å². The van der Waals surface area contributed by atoms with E-state index in [1.165, 1.54) is 11.1 Å². The number of fused-ring (bicyclic) bond motifs is 1. The number of ether oxygens (including phenoxy) is 2. The maximum Gasteiger partial charge on any atom is 0.253 e.